The van der Waals surface area contributed by atoms with Gasteiger partial charge in [-0.15, -0.1) is 0 Å². The number of allylic oxidation sites excluding steroid dienone is 1. The smallest absolute Gasteiger partial charge is 0.161 e. The summed E-state index contributed by atoms with van der Waals surface area (Å²) in [6.07, 6.45) is 3.89. The molecule has 6 rings (SSSR count). The SMILES string of the molecule is CC1=NC=C(c2ccc3[nH]nc(-c4nc5c(-c6cc(F)cc(OCCN(C)C)c6)cccc5[nH]4)c3n2)CCC1C. The second-order valence-corrected chi connectivity index (χ2v) is 10.6. The molecule has 1 unspecified atom stereocenters. The summed E-state index contributed by atoms with van der Waals surface area (Å²) in [5.41, 5.74) is 8.38. The lowest BCUT2D eigenvalue weighted by Gasteiger charge is -2.12. The first-order valence-electron chi connectivity index (χ1n) is 13.5. The van der Waals surface area contributed by atoms with E-state index in [-0.39, 0.29) is 5.82 Å². The van der Waals surface area contributed by atoms with Crippen LogP contribution in [0.1, 0.15) is 32.4 Å². The third-order valence-corrected chi connectivity index (χ3v) is 7.45. The molecule has 1 atom stereocenters. The molecule has 204 valence electrons. The summed E-state index contributed by atoms with van der Waals surface area (Å²) in [6, 6.07) is 14.6. The molecule has 0 amide bonds. The second kappa shape index (κ2) is 10.7. The Labute approximate surface area is 232 Å². The van der Waals surface area contributed by atoms with Crippen molar-refractivity contribution in [2.45, 2.75) is 26.7 Å². The molecule has 9 heteroatoms. The van der Waals surface area contributed by atoms with Gasteiger partial charge in [-0.25, -0.2) is 14.4 Å². The second-order valence-electron chi connectivity index (χ2n) is 10.6. The Morgan fingerprint density at radius 1 is 1.05 bits per heavy atom. The Kier molecular flexibility index (Phi) is 6.89. The van der Waals surface area contributed by atoms with Crippen molar-refractivity contribution in [3.05, 3.63) is 66.2 Å². The molecular formula is C31H32FN7O. The normalized spacial score (nSPS) is 15.9. The topological polar surface area (TPSA) is 95.1 Å². The van der Waals surface area contributed by atoms with Crippen molar-refractivity contribution < 1.29 is 9.13 Å². The van der Waals surface area contributed by atoms with Crippen LogP contribution < -0.4 is 4.74 Å². The van der Waals surface area contributed by atoms with E-state index in [4.69, 9.17) is 14.7 Å². The van der Waals surface area contributed by atoms with Gasteiger partial charge in [-0.1, -0.05) is 19.1 Å². The van der Waals surface area contributed by atoms with Gasteiger partial charge in [-0.3, -0.25) is 10.1 Å². The fraction of sp³-hybridized carbons (Fsp3) is 0.290. The molecule has 0 radical (unpaired) electrons. The van der Waals surface area contributed by atoms with Gasteiger partial charge in [0.05, 0.1) is 22.2 Å². The number of nitrogens with zero attached hydrogens (tertiary/aromatic N) is 5. The Morgan fingerprint density at radius 2 is 1.93 bits per heavy atom. The van der Waals surface area contributed by atoms with E-state index in [2.05, 4.69) is 34.0 Å². The number of hydrogen-bond donors (Lipinski definition) is 2. The fourth-order valence-electron chi connectivity index (χ4n) is 4.91. The summed E-state index contributed by atoms with van der Waals surface area (Å²) in [7, 11) is 3.94. The van der Waals surface area contributed by atoms with E-state index < -0.39 is 0 Å². The maximum absolute atomic E-state index is 14.6. The molecule has 0 bridgehead atoms. The van der Waals surface area contributed by atoms with Crippen molar-refractivity contribution in [2.75, 3.05) is 27.2 Å². The lowest BCUT2D eigenvalue weighted by Crippen LogP contribution is -2.19. The van der Waals surface area contributed by atoms with Crippen LogP contribution in [0.4, 0.5) is 4.39 Å². The molecule has 0 fully saturated rings. The van der Waals surface area contributed by atoms with Crippen LogP contribution in [0.25, 0.3) is 50.3 Å². The van der Waals surface area contributed by atoms with Crippen LogP contribution >= 0.6 is 0 Å². The number of benzene rings is 2. The number of para-hydroxylation sites is 1. The largest absolute Gasteiger partial charge is 0.492 e. The minimum atomic E-state index is -0.359. The predicted molar refractivity (Wildman–Crippen MR) is 158 cm³/mol. The number of H-pyrrole nitrogens is 2. The maximum atomic E-state index is 14.6. The predicted octanol–water partition coefficient (Wildman–Crippen LogP) is 6.48. The van der Waals surface area contributed by atoms with E-state index in [1.807, 2.05) is 61.6 Å². The van der Waals surface area contributed by atoms with E-state index in [0.29, 0.717) is 35.4 Å². The van der Waals surface area contributed by atoms with E-state index in [1.54, 1.807) is 0 Å². The van der Waals surface area contributed by atoms with Crippen molar-refractivity contribution in [1.82, 2.24) is 30.0 Å². The molecule has 0 spiro atoms. The lowest BCUT2D eigenvalue weighted by atomic mass is 9.98. The van der Waals surface area contributed by atoms with Crippen LogP contribution in [-0.4, -0.2) is 63.0 Å². The van der Waals surface area contributed by atoms with Gasteiger partial charge in [0, 0.05) is 30.1 Å². The number of fused-ring (bicyclic) bond motifs is 2. The number of pyridine rings is 1. The third kappa shape index (κ3) is 5.12. The summed E-state index contributed by atoms with van der Waals surface area (Å²) in [5.74, 6) is 1.17. The summed E-state index contributed by atoms with van der Waals surface area (Å²) in [4.78, 5) is 20.0. The number of aliphatic imine (C=N–C) groups is 1. The highest BCUT2D eigenvalue weighted by atomic mass is 19.1. The van der Waals surface area contributed by atoms with Crippen LogP contribution in [0, 0.1) is 11.7 Å². The van der Waals surface area contributed by atoms with Gasteiger partial charge in [0.1, 0.15) is 23.7 Å². The number of aromatic nitrogens is 5. The summed E-state index contributed by atoms with van der Waals surface area (Å²) in [6.45, 7) is 5.49. The first-order valence-corrected chi connectivity index (χ1v) is 13.5. The maximum Gasteiger partial charge on any atom is 0.161 e. The van der Waals surface area contributed by atoms with Crippen LogP contribution in [0.2, 0.25) is 0 Å². The van der Waals surface area contributed by atoms with Crippen molar-refractivity contribution in [2.24, 2.45) is 10.9 Å². The zero-order chi connectivity index (χ0) is 27.8. The standard InChI is InChI=1S/C31H32FN7O/c1-18-8-9-20(17-33-19(18)2)25-10-11-27-29(34-25)30(38-37-27)31-35-26-7-5-6-24(28(26)36-31)21-14-22(32)16-23(15-21)40-13-12-39(3)4/h5-7,10-11,14-18H,8-9,12-13H2,1-4H3,(H,35,36)(H,37,38). The number of hydrogen-bond acceptors (Lipinski definition) is 6. The van der Waals surface area contributed by atoms with Gasteiger partial charge in [-0.2, -0.15) is 5.10 Å². The van der Waals surface area contributed by atoms with Gasteiger partial charge >= 0.3 is 0 Å². The molecule has 0 saturated heterocycles. The highest BCUT2D eigenvalue weighted by molar-refractivity contribution is 5.96. The first kappa shape index (κ1) is 25.9. The van der Waals surface area contributed by atoms with E-state index in [1.165, 1.54) is 12.1 Å². The summed E-state index contributed by atoms with van der Waals surface area (Å²) < 4.78 is 20.4. The molecule has 1 aliphatic heterocycles. The van der Waals surface area contributed by atoms with Gasteiger partial charge in [-0.05, 0) is 81.2 Å². The van der Waals surface area contributed by atoms with Gasteiger partial charge in [0.2, 0.25) is 0 Å². The average Bonchev–Trinajstić information content (AvgIpc) is 3.51. The molecule has 2 N–H and O–H groups in total. The Hall–Kier alpha value is -4.37. The molecule has 3 aromatic heterocycles. The molecule has 2 aromatic carbocycles. The molecule has 1 aliphatic rings. The molecule has 8 nitrogen and oxygen atoms in total. The molecule has 0 saturated carbocycles. The number of likely N-dealkylation sites (N-methyl/N-ethyl adjacent to an activating group) is 1. The molecule has 40 heavy (non-hydrogen) atoms. The van der Waals surface area contributed by atoms with Crippen LogP contribution in [0.15, 0.2) is 59.7 Å². The van der Waals surface area contributed by atoms with Crippen LogP contribution in [-0.2, 0) is 0 Å². The Bertz CT molecular complexity index is 1760. The monoisotopic (exact) mass is 537 g/mol. The van der Waals surface area contributed by atoms with Crippen molar-refractivity contribution in [3.8, 4) is 28.4 Å². The number of ether oxygens (including phenoxy) is 1. The molecule has 0 aliphatic carbocycles. The van der Waals surface area contributed by atoms with E-state index in [9.17, 15) is 4.39 Å². The zero-order valence-electron chi connectivity index (χ0n) is 23.1. The summed E-state index contributed by atoms with van der Waals surface area (Å²) in [5, 5.41) is 7.64. The van der Waals surface area contributed by atoms with E-state index in [0.717, 1.165) is 64.0 Å². The number of rotatable bonds is 7. The first-order chi connectivity index (χ1) is 19.4. The third-order valence-electron chi connectivity index (χ3n) is 7.45. The average molecular weight is 538 g/mol. The number of nitrogens with one attached hydrogen (secondary N) is 2. The van der Waals surface area contributed by atoms with Gasteiger partial charge in [0.15, 0.2) is 11.5 Å². The molecule has 5 aromatic rings. The van der Waals surface area contributed by atoms with E-state index >= 15 is 0 Å². The quantitative estimate of drug-likeness (QED) is 0.248. The minimum Gasteiger partial charge on any atom is -0.492 e. The molecular weight excluding hydrogens is 505 g/mol. The van der Waals surface area contributed by atoms with Crippen LogP contribution in [0.5, 0.6) is 5.75 Å². The highest BCUT2D eigenvalue weighted by Crippen LogP contribution is 2.34. The van der Waals surface area contributed by atoms with Crippen molar-refractivity contribution >= 4 is 33.4 Å². The van der Waals surface area contributed by atoms with Crippen molar-refractivity contribution in [3.63, 3.8) is 0 Å². The Balaban J connectivity index is 1.37. The Morgan fingerprint density at radius 3 is 2.77 bits per heavy atom. The fourth-order valence-corrected chi connectivity index (χ4v) is 4.91. The number of imidazole rings is 1. The number of halogens is 1. The zero-order valence-corrected chi connectivity index (χ0v) is 23.1. The highest BCUT2D eigenvalue weighted by Gasteiger charge is 2.19. The van der Waals surface area contributed by atoms with Crippen molar-refractivity contribution in [1.29, 1.82) is 0 Å². The number of aromatic amines is 2. The van der Waals surface area contributed by atoms with Gasteiger partial charge in [0.25, 0.3) is 0 Å². The van der Waals surface area contributed by atoms with Crippen LogP contribution in [0.3, 0.4) is 0 Å². The molecule has 4 heterocycles. The van der Waals surface area contributed by atoms with Gasteiger partial charge < -0.3 is 14.6 Å². The lowest BCUT2D eigenvalue weighted by molar-refractivity contribution is 0.260. The minimum absolute atomic E-state index is 0.359. The summed E-state index contributed by atoms with van der Waals surface area (Å²) >= 11 is 0.